The molecule has 2 aromatic rings. The van der Waals surface area contributed by atoms with Gasteiger partial charge in [-0.1, -0.05) is 52.3 Å². The maximum Gasteiger partial charge on any atom is 0.142 e. The Labute approximate surface area is 115 Å². The largest absolute Gasteiger partial charge is 0.478 e. The lowest BCUT2D eigenvalue weighted by Gasteiger charge is -2.29. The van der Waals surface area contributed by atoms with Crippen molar-refractivity contribution >= 4 is 15.9 Å². The average Bonchev–Trinajstić information content (AvgIpc) is 2.40. The first kappa shape index (κ1) is 11.8. The molecular formula is C15H14BrNO. The van der Waals surface area contributed by atoms with Gasteiger partial charge < -0.3 is 4.74 Å². The third-order valence-corrected chi connectivity index (χ3v) is 3.57. The molecule has 1 aliphatic rings. The van der Waals surface area contributed by atoms with Crippen LogP contribution in [-0.2, 0) is 13.1 Å². The molecule has 0 saturated carbocycles. The Kier molecular flexibility index (Phi) is 3.35. The number of hydrogen-bond acceptors (Lipinski definition) is 2. The molecule has 2 aromatic carbocycles. The highest BCUT2D eigenvalue weighted by atomic mass is 79.9. The zero-order chi connectivity index (χ0) is 12.4. The molecule has 18 heavy (non-hydrogen) atoms. The number of fused-ring (bicyclic) bond motifs is 1. The fourth-order valence-electron chi connectivity index (χ4n) is 2.18. The zero-order valence-corrected chi connectivity index (χ0v) is 11.6. The van der Waals surface area contributed by atoms with Crippen molar-refractivity contribution in [3.63, 3.8) is 0 Å². The molecule has 1 heterocycles. The number of nitrogens with zero attached hydrogens (tertiary/aromatic N) is 1. The summed E-state index contributed by atoms with van der Waals surface area (Å²) in [5, 5.41) is 0. The molecule has 0 atom stereocenters. The molecule has 3 rings (SSSR count). The van der Waals surface area contributed by atoms with E-state index in [9.17, 15) is 0 Å². The second-order valence-corrected chi connectivity index (χ2v) is 5.41. The fourth-order valence-corrected chi connectivity index (χ4v) is 2.52. The van der Waals surface area contributed by atoms with E-state index in [0.717, 1.165) is 23.3 Å². The van der Waals surface area contributed by atoms with Crippen LogP contribution in [0.4, 0.5) is 0 Å². The summed E-state index contributed by atoms with van der Waals surface area (Å²) in [6, 6.07) is 16.7. The summed E-state index contributed by atoms with van der Waals surface area (Å²) in [5.41, 5.74) is 2.57. The van der Waals surface area contributed by atoms with Crippen molar-refractivity contribution < 1.29 is 4.74 Å². The van der Waals surface area contributed by atoms with E-state index in [1.54, 1.807) is 0 Å². The van der Waals surface area contributed by atoms with Gasteiger partial charge in [-0.05, 0) is 17.7 Å². The van der Waals surface area contributed by atoms with E-state index in [-0.39, 0.29) is 0 Å². The quantitative estimate of drug-likeness (QED) is 0.837. The van der Waals surface area contributed by atoms with Gasteiger partial charge in [0.15, 0.2) is 0 Å². The van der Waals surface area contributed by atoms with Crippen LogP contribution in [0.3, 0.4) is 0 Å². The summed E-state index contributed by atoms with van der Waals surface area (Å²) < 4.78 is 6.85. The molecule has 0 N–H and O–H groups in total. The minimum absolute atomic E-state index is 0.651. The second kappa shape index (κ2) is 5.12. The number of hydrogen-bond donors (Lipinski definition) is 0. The van der Waals surface area contributed by atoms with Crippen molar-refractivity contribution in [2.75, 3.05) is 6.73 Å². The monoisotopic (exact) mass is 303 g/mol. The predicted octanol–water partition coefficient (Wildman–Crippen LogP) is 3.80. The van der Waals surface area contributed by atoms with Gasteiger partial charge in [0.1, 0.15) is 12.5 Å². The first-order valence-electron chi connectivity index (χ1n) is 5.99. The van der Waals surface area contributed by atoms with Gasteiger partial charge in [-0.2, -0.15) is 0 Å². The average molecular weight is 304 g/mol. The Morgan fingerprint density at radius 3 is 2.78 bits per heavy atom. The van der Waals surface area contributed by atoms with Gasteiger partial charge in [-0.25, -0.2) is 0 Å². The van der Waals surface area contributed by atoms with E-state index in [4.69, 9.17) is 4.74 Å². The highest BCUT2D eigenvalue weighted by Gasteiger charge is 2.17. The lowest BCUT2D eigenvalue weighted by atomic mass is 10.1. The van der Waals surface area contributed by atoms with Crippen molar-refractivity contribution in [3.8, 4) is 5.75 Å². The van der Waals surface area contributed by atoms with Gasteiger partial charge in [-0.15, -0.1) is 0 Å². The van der Waals surface area contributed by atoms with Crippen molar-refractivity contribution in [1.29, 1.82) is 0 Å². The van der Waals surface area contributed by atoms with Gasteiger partial charge in [0, 0.05) is 23.1 Å². The highest BCUT2D eigenvalue weighted by Crippen LogP contribution is 2.28. The minimum Gasteiger partial charge on any atom is -0.478 e. The highest BCUT2D eigenvalue weighted by molar-refractivity contribution is 9.10. The lowest BCUT2D eigenvalue weighted by molar-refractivity contribution is 0.0886. The SMILES string of the molecule is Brc1ccc2c(c1)OCN(Cc1ccccc1)C2. The maximum absolute atomic E-state index is 5.79. The second-order valence-electron chi connectivity index (χ2n) is 4.50. The lowest BCUT2D eigenvalue weighted by Crippen LogP contribution is -2.31. The van der Waals surface area contributed by atoms with Crippen molar-refractivity contribution in [1.82, 2.24) is 4.90 Å². The molecular weight excluding hydrogens is 290 g/mol. The smallest absolute Gasteiger partial charge is 0.142 e. The molecule has 0 spiro atoms. The minimum atomic E-state index is 0.651. The van der Waals surface area contributed by atoms with Crippen LogP contribution in [0.1, 0.15) is 11.1 Å². The van der Waals surface area contributed by atoms with E-state index in [2.05, 4.69) is 57.2 Å². The van der Waals surface area contributed by atoms with Crippen LogP contribution in [0.2, 0.25) is 0 Å². The Balaban J connectivity index is 1.73. The van der Waals surface area contributed by atoms with Gasteiger partial charge in [0.05, 0.1) is 0 Å². The molecule has 0 radical (unpaired) electrons. The summed E-state index contributed by atoms with van der Waals surface area (Å²) in [6.45, 7) is 2.52. The Hall–Kier alpha value is -1.32. The van der Waals surface area contributed by atoms with Crippen molar-refractivity contribution in [3.05, 3.63) is 64.1 Å². The van der Waals surface area contributed by atoms with Crippen LogP contribution in [0, 0.1) is 0 Å². The molecule has 3 heteroatoms. The van der Waals surface area contributed by atoms with Gasteiger partial charge >= 0.3 is 0 Å². The normalized spacial score (nSPS) is 14.9. The number of halogens is 1. The molecule has 0 aromatic heterocycles. The molecule has 0 amide bonds. The van der Waals surface area contributed by atoms with Crippen LogP contribution in [0.15, 0.2) is 53.0 Å². The van der Waals surface area contributed by atoms with Gasteiger partial charge in [-0.3, -0.25) is 4.90 Å². The fraction of sp³-hybridized carbons (Fsp3) is 0.200. The number of benzene rings is 2. The van der Waals surface area contributed by atoms with E-state index in [0.29, 0.717) is 6.73 Å². The zero-order valence-electron chi connectivity index (χ0n) is 9.97. The van der Waals surface area contributed by atoms with Gasteiger partial charge in [0.2, 0.25) is 0 Å². The van der Waals surface area contributed by atoms with Crippen LogP contribution in [0.5, 0.6) is 5.75 Å². The molecule has 92 valence electrons. The maximum atomic E-state index is 5.79. The van der Waals surface area contributed by atoms with Gasteiger partial charge in [0.25, 0.3) is 0 Å². The molecule has 1 aliphatic heterocycles. The molecule has 0 saturated heterocycles. The summed E-state index contributed by atoms with van der Waals surface area (Å²) >= 11 is 3.47. The van der Waals surface area contributed by atoms with Crippen molar-refractivity contribution in [2.45, 2.75) is 13.1 Å². The first-order chi connectivity index (χ1) is 8.81. The van der Waals surface area contributed by atoms with Crippen LogP contribution in [0.25, 0.3) is 0 Å². The predicted molar refractivity (Wildman–Crippen MR) is 75.3 cm³/mol. The third kappa shape index (κ3) is 2.57. The van der Waals surface area contributed by atoms with Crippen molar-refractivity contribution in [2.24, 2.45) is 0 Å². The molecule has 2 nitrogen and oxygen atoms in total. The van der Waals surface area contributed by atoms with E-state index >= 15 is 0 Å². The summed E-state index contributed by atoms with van der Waals surface area (Å²) in [7, 11) is 0. The van der Waals surface area contributed by atoms with Crippen LogP contribution in [-0.4, -0.2) is 11.6 Å². The Morgan fingerprint density at radius 2 is 1.94 bits per heavy atom. The molecule has 0 fully saturated rings. The number of ether oxygens (including phenoxy) is 1. The Bertz CT molecular complexity index is 541. The number of rotatable bonds is 2. The summed E-state index contributed by atoms with van der Waals surface area (Å²) in [4.78, 5) is 2.30. The molecule has 0 bridgehead atoms. The Morgan fingerprint density at radius 1 is 1.11 bits per heavy atom. The third-order valence-electron chi connectivity index (χ3n) is 3.07. The molecule has 0 aliphatic carbocycles. The van der Waals surface area contributed by atoms with Crippen LogP contribution >= 0.6 is 15.9 Å². The van der Waals surface area contributed by atoms with Crippen LogP contribution < -0.4 is 4.74 Å². The van der Waals surface area contributed by atoms with E-state index < -0.39 is 0 Å². The standard InChI is InChI=1S/C15H14BrNO/c16-14-7-6-13-10-17(11-18-15(13)8-14)9-12-4-2-1-3-5-12/h1-8H,9-11H2. The summed E-state index contributed by atoms with van der Waals surface area (Å²) in [6.07, 6.45) is 0. The topological polar surface area (TPSA) is 12.5 Å². The summed E-state index contributed by atoms with van der Waals surface area (Å²) in [5.74, 6) is 0.994. The molecule has 0 unspecified atom stereocenters. The van der Waals surface area contributed by atoms with E-state index in [1.807, 2.05) is 12.1 Å². The van der Waals surface area contributed by atoms with E-state index in [1.165, 1.54) is 11.1 Å². The first-order valence-corrected chi connectivity index (χ1v) is 6.78.